The van der Waals surface area contributed by atoms with Crippen LogP contribution in [0.15, 0.2) is 18.2 Å². The maximum Gasteiger partial charge on any atom is 0.139 e. The van der Waals surface area contributed by atoms with E-state index in [1.807, 2.05) is 0 Å². The molecule has 0 aliphatic heterocycles. The minimum atomic E-state index is 0.0478. The average molecular weight is 166 g/mol. The van der Waals surface area contributed by atoms with E-state index in [1.165, 1.54) is 6.07 Å². The number of hydrogen-bond acceptors (Lipinski definition) is 4. The van der Waals surface area contributed by atoms with Gasteiger partial charge in [-0.2, -0.15) is 0 Å². The molecule has 12 heavy (non-hydrogen) atoms. The number of nitrogens with two attached hydrogens (primary N) is 1. The number of benzene rings is 1. The minimum Gasteiger partial charge on any atom is -0.506 e. The van der Waals surface area contributed by atoms with Crippen LogP contribution in [0.1, 0.15) is 0 Å². The third-order valence-corrected chi connectivity index (χ3v) is 1.42. The second kappa shape index (κ2) is 3.61. The van der Waals surface area contributed by atoms with Gasteiger partial charge in [-0.25, -0.2) is 0 Å². The van der Waals surface area contributed by atoms with Gasteiger partial charge in [0.1, 0.15) is 12.0 Å². The van der Waals surface area contributed by atoms with Crippen molar-refractivity contribution >= 4 is 17.7 Å². The molecule has 0 aromatic heterocycles. The summed E-state index contributed by atoms with van der Waals surface area (Å²) in [5.41, 5.74) is 6.43. The molecule has 0 heterocycles. The first kappa shape index (κ1) is 8.39. The van der Waals surface area contributed by atoms with Crippen molar-refractivity contribution in [1.82, 2.24) is 0 Å². The van der Waals surface area contributed by atoms with Crippen molar-refractivity contribution in [2.75, 3.05) is 17.6 Å². The Balaban J connectivity index is 2.75. The molecular weight excluding hydrogens is 156 g/mol. The quantitative estimate of drug-likeness (QED) is 0.266. The van der Waals surface area contributed by atoms with Crippen LogP contribution < -0.4 is 11.1 Å². The molecule has 0 unspecified atom stereocenters. The lowest BCUT2D eigenvalue weighted by molar-refractivity contribution is -0.106. The first-order valence-corrected chi connectivity index (χ1v) is 3.50. The minimum absolute atomic E-state index is 0.0478. The highest BCUT2D eigenvalue weighted by molar-refractivity contribution is 5.65. The van der Waals surface area contributed by atoms with E-state index >= 15 is 0 Å². The number of hydrogen-bond donors (Lipinski definition) is 3. The van der Waals surface area contributed by atoms with E-state index in [-0.39, 0.29) is 12.3 Å². The summed E-state index contributed by atoms with van der Waals surface area (Å²) >= 11 is 0. The largest absolute Gasteiger partial charge is 0.506 e. The fraction of sp³-hybridized carbons (Fsp3) is 0.125. The number of aldehydes is 1. The molecule has 0 fully saturated rings. The Morgan fingerprint density at radius 2 is 2.33 bits per heavy atom. The van der Waals surface area contributed by atoms with Crippen LogP contribution in [0.3, 0.4) is 0 Å². The van der Waals surface area contributed by atoms with Crippen LogP contribution in [0.4, 0.5) is 11.4 Å². The van der Waals surface area contributed by atoms with Crippen LogP contribution in [0, 0.1) is 0 Å². The normalized spacial score (nSPS) is 9.33. The molecule has 1 aromatic rings. The Morgan fingerprint density at radius 1 is 1.58 bits per heavy atom. The van der Waals surface area contributed by atoms with E-state index in [1.54, 1.807) is 12.1 Å². The number of aromatic hydroxyl groups is 1. The predicted octanol–water partition coefficient (Wildman–Crippen LogP) is 0.585. The van der Waals surface area contributed by atoms with Gasteiger partial charge in [-0.3, -0.25) is 0 Å². The van der Waals surface area contributed by atoms with Gasteiger partial charge >= 0.3 is 0 Å². The van der Waals surface area contributed by atoms with Crippen LogP contribution in [0.25, 0.3) is 0 Å². The molecule has 0 saturated carbocycles. The third-order valence-electron chi connectivity index (χ3n) is 1.42. The van der Waals surface area contributed by atoms with Gasteiger partial charge in [-0.1, -0.05) is 0 Å². The van der Waals surface area contributed by atoms with E-state index in [2.05, 4.69) is 5.32 Å². The molecule has 0 spiro atoms. The van der Waals surface area contributed by atoms with E-state index in [4.69, 9.17) is 10.8 Å². The molecule has 4 N–H and O–H groups in total. The van der Waals surface area contributed by atoms with E-state index in [9.17, 15) is 4.79 Å². The van der Waals surface area contributed by atoms with Gasteiger partial charge < -0.3 is 21.0 Å². The van der Waals surface area contributed by atoms with Crippen molar-refractivity contribution in [3.8, 4) is 5.75 Å². The Bertz CT molecular complexity index is 286. The maximum atomic E-state index is 9.99. The molecule has 0 amide bonds. The highest BCUT2D eigenvalue weighted by Crippen LogP contribution is 2.22. The molecule has 4 nitrogen and oxygen atoms in total. The van der Waals surface area contributed by atoms with Gasteiger partial charge in [0, 0.05) is 5.69 Å². The fourth-order valence-corrected chi connectivity index (χ4v) is 0.824. The Kier molecular flexibility index (Phi) is 2.53. The predicted molar refractivity (Wildman–Crippen MR) is 47.1 cm³/mol. The molecule has 1 rings (SSSR count). The summed E-state index contributed by atoms with van der Waals surface area (Å²) in [5.74, 6) is 0.0478. The summed E-state index contributed by atoms with van der Waals surface area (Å²) < 4.78 is 0. The molecule has 1 aromatic carbocycles. The van der Waals surface area contributed by atoms with Crippen LogP contribution >= 0.6 is 0 Å². The van der Waals surface area contributed by atoms with Crippen molar-refractivity contribution < 1.29 is 9.90 Å². The van der Waals surface area contributed by atoms with Gasteiger partial charge in [0.25, 0.3) is 0 Å². The number of carbonyl (C=O) groups is 1. The molecule has 0 radical (unpaired) electrons. The lowest BCUT2D eigenvalue weighted by atomic mass is 10.2. The summed E-state index contributed by atoms with van der Waals surface area (Å²) in [6, 6.07) is 4.69. The Morgan fingerprint density at radius 3 is 2.92 bits per heavy atom. The number of rotatable bonds is 3. The molecule has 0 saturated heterocycles. The zero-order chi connectivity index (χ0) is 8.97. The van der Waals surface area contributed by atoms with Gasteiger partial charge in [0.2, 0.25) is 0 Å². The monoisotopic (exact) mass is 166 g/mol. The van der Waals surface area contributed by atoms with Crippen LogP contribution in [-0.2, 0) is 4.79 Å². The topological polar surface area (TPSA) is 75.3 Å². The van der Waals surface area contributed by atoms with E-state index in [0.29, 0.717) is 5.69 Å². The lowest BCUT2D eigenvalue weighted by Crippen LogP contribution is -2.02. The van der Waals surface area contributed by atoms with Crippen LogP contribution in [0.5, 0.6) is 5.75 Å². The van der Waals surface area contributed by atoms with Crippen molar-refractivity contribution in [2.45, 2.75) is 0 Å². The van der Waals surface area contributed by atoms with E-state index in [0.717, 1.165) is 12.0 Å². The molecular formula is C8H10N2O2. The summed E-state index contributed by atoms with van der Waals surface area (Å²) in [7, 11) is 0. The molecule has 0 atom stereocenters. The number of anilines is 2. The Labute approximate surface area is 70.0 Å². The highest BCUT2D eigenvalue weighted by atomic mass is 16.3. The first-order chi connectivity index (χ1) is 5.74. The molecule has 4 heteroatoms. The van der Waals surface area contributed by atoms with Crippen LogP contribution in [0.2, 0.25) is 0 Å². The standard InChI is InChI=1S/C8H10N2O2/c9-7-5-6(10-3-4-11)1-2-8(7)12/h1-2,4-5,10,12H,3,9H2. The average Bonchev–Trinajstić information content (AvgIpc) is 2.07. The van der Waals surface area contributed by atoms with E-state index < -0.39 is 0 Å². The number of carbonyl (C=O) groups excluding carboxylic acids is 1. The molecule has 64 valence electrons. The number of nitrogens with one attached hydrogen (secondary N) is 1. The second-order valence-corrected chi connectivity index (χ2v) is 2.32. The lowest BCUT2D eigenvalue weighted by Gasteiger charge is -2.03. The second-order valence-electron chi connectivity index (χ2n) is 2.32. The number of nitrogen functional groups attached to an aromatic ring is 1. The van der Waals surface area contributed by atoms with Gasteiger partial charge in [0.15, 0.2) is 0 Å². The number of phenolic OH excluding ortho intramolecular Hbond substituents is 1. The summed E-state index contributed by atoms with van der Waals surface area (Å²) in [6.45, 7) is 0.240. The molecule has 0 aliphatic carbocycles. The van der Waals surface area contributed by atoms with Gasteiger partial charge in [-0.15, -0.1) is 0 Å². The highest BCUT2D eigenvalue weighted by Gasteiger charge is 1.96. The molecule has 0 bridgehead atoms. The van der Waals surface area contributed by atoms with Gasteiger partial charge in [-0.05, 0) is 18.2 Å². The van der Waals surface area contributed by atoms with Crippen molar-refractivity contribution in [3.05, 3.63) is 18.2 Å². The zero-order valence-corrected chi connectivity index (χ0v) is 6.45. The Hall–Kier alpha value is -1.71. The van der Waals surface area contributed by atoms with Crippen LogP contribution in [-0.4, -0.2) is 17.9 Å². The van der Waals surface area contributed by atoms with Gasteiger partial charge in [0.05, 0.1) is 12.2 Å². The van der Waals surface area contributed by atoms with Crippen molar-refractivity contribution in [1.29, 1.82) is 0 Å². The molecule has 0 aliphatic rings. The van der Waals surface area contributed by atoms with Crippen molar-refractivity contribution in [3.63, 3.8) is 0 Å². The zero-order valence-electron chi connectivity index (χ0n) is 6.45. The van der Waals surface area contributed by atoms with Crippen molar-refractivity contribution in [2.24, 2.45) is 0 Å². The number of phenols is 1. The first-order valence-electron chi connectivity index (χ1n) is 3.50. The third kappa shape index (κ3) is 1.88. The fourth-order valence-electron chi connectivity index (χ4n) is 0.824. The SMILES string of the molecule is Nc1cc(NCC=O)ccc1O. The summed E-state index contributed by atoms with van der Waals surface area (Å²) in [4.78, 5) is 9.99. The summed E-state index contributed by atoms with van der Waals surface area (Å²) in [5, 5.41) is 11.9. The smallest absolute Gasteiger partial charge is 0.139 e. The maximum absolute atomic E-state index is 9.99. The summed E-state index contributed by atoms with van der Waals surface area (Å²) in [6.07, 6.45) is 0.753.